The highest BCUT2D eigenvalue weighted by Crippen LogP contribution is 2.36. The third kappa shape index (κ3) is 5.29. The number of hydrogen-bond acceptors (Lipinski definition) is 3. The minimum atomic E-state index is -4.61. The van der Waals surface area contributed by atoms with Crippen LogP contribution in [0.25, 0.3) is 0 Å². The van der Waals surface area contributed by atoms with Gasteiger partial charge >= 0.3 is 6.18 Å². The summed E-state index contributed by atoms with van der Waals surface area (Å²) in [6.07, 6.45) is -2.90. The molecule has 1 amide bonds. The molecule has 3 rings (SSSR count). The summed E-state index contributed by atoms with van der Waals surface area (Å²) < 4.78 is 39.4. The van der Waals surface area contributed by atoms with E-state index < -0.39 is 28.7 Å². The largest absolute Gasteiger partial charge is 0.417 e. The molecule has 0 saturated carbocycles. The van der Waals surface area contributed by atoms with Crippen molar-refractivity contribution in [1.29, 1.82) is 0 Å². The molecule has 2 aromatic carbocycles. The van der Waals surface area contributed by atoms with Gasteiger partial charge in [-0.2, -0.15) is 13.2 Å². The molecule has 0 aliphatic carbocycles. The van der Waals surface area contributed by atoms with E-state index in [0.29, 0.717) is 13.1 Å². The molecule has 4 nitrogen and oxygen atoms in total. The molecule has 2 N–H and O–H groups in total. The number of carbonyl (C=O) groups is 1. The van der Waals surface area contributed by atoms with Crippen LogP contribution in [0.5, 0.6) is 0 Å². The lowest BCUT2D eigenvalue weighted by Crippen LogP contribution is -2.44. The number of aliphatic hydroxyl groups is 1. The van der Waals surface area contributed by atoms with Crippen molar-refractivity contribution < 1.29 is 23.1 Å². The molecule has 1 aliphatic heterocycles. The first-order valence-corrected chi connectivity index (χ1v) is 9.75. The minimum Gasteiger partial charge on any atom is -0.396 e. The second kappa shape index (κ2) is 9.15. The topological polar surface area (TPSA) is 52.6 Å². The maximum atomic E-state index is 13.1. The number of carbonyl (C=O) groups excluding carboxylic acids is 1. The van der Waals surface area contributed by atoms with E-state index in [9.17, 15) is 23.1 Å². The molecule has 156 valence electrons. The van der Waals surface area contributed by atoms with Crippen LogP contribution in [0.1, 0.15) is 30.0 Å². The Bertz CT molecular complexity index is 846. The smallest absolute Gasteiger partial charge is 0.396 e. The molecule has 1 fully saturated rings. The summed E-state index contributed by atoms with van der Waals surface area (Å²) in [7, 11) is 0. The van der Waals surface area contributed by atoms with Crippen LogP contribution >= 0.6 is 11.6 Å². The Morgan fingerprint density at radius 2 is 1.97 bits per heavy atom. The van der Waals surface area contributed by atoms with Gasteiger partial charge in [0.05, 0.1) is 10.6 Å². The Hall–Kier alpha value is -2.09. The van der Waals surface area contributed by atoms with Crippen molar-refractivity contribution in [3.8, 4) is 0 Å². The molecule has 29 heavy (non-hydrogen) atoms. The Kier molecular flexibility index (Phi) is 6.82. The van der Waals surface area contributed by atoms with Gasteiger partial charge in [-0.3, -0.25) is 9.69 Å². The number of alkyl halides is 3. The molecule has 1 heterocycles. The molecule has 1 saturated heterocycles. The lowest BCUT2D eigenvalue weighted by atomic mass is 9.95. The molecule has 0 bridgehead atoms. The number of aliphatic hydroxyl groups excluding tert-OH is 1. The molecule has 1 aliphatic rings. The number of piperidine rings is 1. The van der Waals surface area contributed by atoms with Gasteiger partial charge in [0, 0.05) is 18.8 Å². The summed E-state index contributed by atoms with van der Waals surface area (Å²) >= 11 is 5.66. The van der Waals surface area contributed by atoms with E-state index in [1.54, 1.807) is 0 Å². The fourth-order valence-corrected chi connectivity index (χ4v) is 3.90. The number of benzene rings is 2. The SMILES string of the molecule is O=C(Nc1ccc(Cl)c(C(F)(F)F)c1)C(c1ccccc1)N1CCCC(CO)C1. The van der Waals surface area contributed by atoms with Crippen LogP contribution in [0.4, 0.5) is 18.9 Å². The van der Waals surface area contributed by atoms with Gasteiger partial charge < -0.3 is 10.4 Å². The van der Waals surface area contributed by atoms with Crippen LogP contribution in [-0.2, 0) is 11.0 Å². The van der Waals surface area contributed by atoms with Gasteiger partial charge in [0.2, 0.25) is 5.91 Å². The molecule has 2 unspecified atom stereocenters. The summed E-state index contributed by atoms with van der Waals surface area (Å²) in [4.78, 5) is 15.1. The average Bonchev–Trinajstić information content (AvgIpc) is 2.70. The number of halogens is 4. The molecular formula is C21H22ClF3N2O2. The van der Waals surface area contributed by atoms with E-state index in [-0.39, 0.29) is 18.2 Å². The van der Waals surface area contributed by atoms with E-state index in [2.05, 4.69) is 5.32 Å². The van der Waals surface area contributed by atoms with Crippen LogP contribution in [0.3, 0.4) is 0 Å². The van der Waals surface area contributed by atoms with Crippen LogP contribution in [0.2, 0.25) is 5.02 Å². The predicted octanol–water partition coefficient (Wildman–Crippen LogP) is 4.74. The van der Waals surface area contributed by atoms with Crippen LogP contribution < -0.4 is 5.32 Å². The van der Waals surface area contributed by atoms with Gasteiger partial charge in [0.25, 0.3) is 0 Å². The highest BCUT2D eigenvalue weighted by atomic mass is 35.5. The standard InChI is InChI=1S/C21H22ClF3N2O2/c22-18-9-8-16(11-17(18)21(23,24)25)26-20(29)19(15-6-2-1-3-7-15)27-10-4-5-14(12-27)13-28/h1-3,6-9,11,14,19,28H,4-5,10,12-13H2,(H,26,29). The molecule has 0 aromatic heterocycles. The van der Waals surface area contributed by atoms with Crippen molar-refractivity contribution >= 4 is 23.2 Å². The maximum absolute atomic E-state index is 13.1. The lowest BCUT2D eigenvalue weighted by Gasteiger charge is -2.37. The fourth-order valence-electron chi connectivity index (χ4n) is 3.68. The van der Waals surface area contributed by atoms with Crippen LogP contribution in [-0.4, -0.2) is 35.6 Å². The first-order valence-electron chi connectivity index (χ1n) is 9.37. The predicted molar refractivity (Wildman–Crippen MR) is 106 cm³/mol. The summed E-state index contributed by atoms with van der Waals surface area (Å²) in [5.74, 6) is -0.361. The number of amides is 1. The third-order valence-electron chi connectivity index (χ3n) is 5.08. The zero-order valence-electron chi connectivity index (χ0n) is 15.6. The molecule has 0 radical (unpaired) electrons. The lowest BCUT2D eigenvalue weighted by molar-refractivity contribution is -0.137. The minimum absolute atomic E-state index is 0.0309. The van der Waals surface area contributed by atoms with E-state index in [4.69, 9.17) is 11.6 Å². The first-order chi connectivity index (χ1) is 13.8. The zero-order chi connectivity index (χ0) is 21.0. The van der Waals surface area contributed by atoms with Crippen molar-refractivity contribution in [3.05, 3.63) is 64.7 Å². The molecule has 0 spiro atoms. The van der Waals surface area contributed by atoms with Gasteiger partial charge in [-0.05, 0) is 49.1 Å². The summed E-state index contributed by atoms with van der Waals surface area (Å²) in [6, 6.07) is 11.7. The number of nitrogens with one attached hydrogen (secondary N) is 1. The van der Waals surface area contributed by atoms with E-state index >= 15 is 0 Å². The highest BCUT2D eigenvalue weighted by molar-refractivity contribution is 6.31. The Labute approximate surface area is 172 Å². The van der Waals surface area contributed by atoms with Gasteiger partial charge in [0.15, 0.2) is 0 Å². The van der Waals surface area contributed by atoms with Gasteiger partial charge in [-0.1, -0.05) is 41.9 Å². The van der Waals surface area contributed by atoms with Crippen molar-refractivity contribution in [3.63, 3.8) is 0 Å². The number of likely N-dealkylation sites (tertiary alicyclic amines) is 1. The zero-order valence-corrected chi connectivity index (χ0v) is 16.4. The van der Waals surface area contributed by atoms with E-state index in [1.807, 2.05) is 35.2 Å². The van der Waals surface area contributed by atoms with Crippen LogP contribution in [0.15, 0.2) is 48.5 Å². The number of hydrogen-bond donors (Lipinski definition) is 2. The summed E-state index contributed by atoms with van der Waals surface area (Å²) in [5.41, 5.74) is -0.219. The van der Waals surface area contributed by atoms with Crippen molar-refractivity contribution in [2.24, 2.45) is 5.92 Å². The van der Waals surface area contributed by atoms with E-state index in [0.717, 1.165) is 30.5 Å². The number of rotatable bonds is 5. The Morgan fingerprint density at radius 3 is 2.62 bits per heavy atom. The highest BCUT2D eigenvalue weighted by Gasteiger charge is 2.35. The fraction of sp³-hybridized carbons (Fsp3) is 0.381. The number of anilines is 1. The Balaban J connectivity index is 1.88. The van der Waals surface area contributed by atoms with Gasteiger partial charge in [-0.15, -0.1) is 0 Å². The van der Waals surface area contributed by atoms with Crippen molar-refractivity contribution in [2.45, 2.75) is 25.1 Å². The Morgan fingerprint density at radius 1 is 1.24 bits per heavy atom. The van der Waals surface area contributed by atoms with Gasteiger partial charge in [-0.25, -0.2) is 0 Å². The summed E-state index contributed by atoms with van der Waals surface area (Å²) in [6.45, 7) is 1.24. The molecular weight excluding hydrogens is 405 g/mol. The number of nitrogens with zero attached hydrogens (tertiary/aromatic N) is 1. The van der Waals surface area contributed by atoms with E-state index in [1.165, 1.54) is 6.07 Å². The summed E-state index contributed by atoms with van der Waals surface area (Å²) in [5, 5.41) is 11.7. The normalized spacial score (nSPS) is 19.0. The molecule has 2 atom stereocenters. The third-order valence-corrected chi connectivity index (χ3v) is 5.41. The monoisotopic (exact) mass is 426 g/mol. The van der Waals surface area contributed by atoms with Crippen LogP contribution in [0, 0.1) is 5.92 Å². The average molecular weight is 427 g/mol. The molecule has 2 aromatic rings. The van der Waals surface area contributed by atoms with Crippen molar-refractivity contribution in [1.82, 2.24) is 4.90 Å². The maximum Gasteiger partial charge on any atom is 0.417 e. The second-order valence-corrected chi connectivity index (χ2v) is 7.59. The first kappa shape index (κ1) is 21.6. The van der Waals surface area contributed by atoms with Crippen molar-refractivity contribution in [2.75, 3.05) is 25.0 Å². The second-order valence-electron chi connectivity index (χ2n) is 7.18. The van der Waals surface area contributed by atoms with Gasteiger partial charge in [0.1, 0.15) is 6.04 Å². The quantitative estimate of drug-likeness (QED) is 0.726. The molecule has 8 heteroatoms.